The lowest BCUT2D eigenvalue weighted by Crippen LogP contribution is -2.26. The lowest BCUT2D eigenvalue weighted by molar-refractivity contribution is 0.750. The second-order valence-electron chi connectivity index (χ2n) is 5.26. The van der Waals surface area contributed by atoms with Crippen molar-refractivity contribution in [1.82, 2.24) is 9.97 Å². The third kappa shape index (κ3) is 3.54. The van der Waals surface area contributed by atoms with Crippen LogP contribution in [0.2, 0.25) is 0 Å². The molecule has 0 amide bonds. The van der Waals surface area contributed by atoms with E-state index >= 15 is 0 Å². The van der Waals surface area contributed by atoms with Crippen LogP contribution in [-0.4, -0.2) is 34.1 Å². The van der Waals surface area contributed by atoms with Crippen LogP contribution in [0.25, 0.3) is 10.9 Å². The van der Waals surface area contributed by atoms with Crippen molar-refractivity contribution in [1.29, 1.82) is 0 Å². The van der Waals surface area contributed by atoms with Crippen molar-refractivity contribution in [3.63, 3.8) is 0 Å². The Hall–Kier alpha value is -1.49. The van der Waals surface area contributed by atoms with E-state index < -0.39 is 0 Å². The Morgan fingerprint density at radius 3 is 2.60 bits per heavy atom. The molecule has 1 aromatic heterocycles. The standard InChI is InChI=1S/C15H22N4S/c1-5-16-14-18-12-9-7-6-8-11(12)13(19-14)17-10-15(2,3)20-4/h6-9H,5,10H2,1-4H3,(H2,16,17,18,19). The maximum absolute atomic E-state index is 4.59. The fourth-order valence-corrected chi connectivity index (χ4v) is 2.03. The average molecular weight is 290 g/mol. The number of para-hydroxylation sites is 1. The highest BCUT2D eigenvalue weighted by Crippen LogP contribution is 2.25. The van der Waals surface area contributed by atoms with E-state index in [4.69, 9.17) is 0 Å². The Bertz CT molecular complexity index is 583. The molecule has 0 aliphatic carbocycles. The van der Waals surface area contributed by atoms with E-state index in [9.17, 15) is 0 Å². The Morgan fingerprint density at radius 1 is 1.15 bits per heavy atom. The maximum Gasteiger partial charge on any atom is 0.225 e. The predicted octanol–water partition coefficient (Wildman–Crippen LogP) is 3.62. The lowest BCUT2D eigenvalue weighted by Gasteiger charge is -2.23. The van der Waals surface area contributed by atoms with Crippen molar-refractivity contribution >= 4 is 34.4 Å². The van der Waals surface area contributed by atoms with Gasteiger partial charge in [0, 0.05) is 23.2 Å². The van der Waals surface area contributed by atoms with Gasteiger partial charge in [-0.05, 0) is 39.2 Å². The first-order chi connectivity index (χ1) is 9.55. The zero-order valence-corrected chi connectivity index (χ0v) is 13.3. The number of aromatic nitrogens is 2. The predicted molar refractivity (Wildman–Crippen MR) is 89.8 cm³/mol. The van der Waals surface area contributed by atoms with E-state index in [-0.39, 0.29) is 4.75 Å². The molecule has 1 heterocycles. The first kappa shape index (κ1) is 14.9. The van der Waals surface area contributed by atoms with Crippen molar-refractivity contribution in [2.24, 2.45) is 0 Å². The minimum absolute atomic E-state index is 0.171. The molecule has 4 nitrogen and oxygen atoms in total. The summed E-state index contributed by atoms with van der Waals surface area (Å²) in [6, 6.07) is 8.09. The third-order valence-electron chi connectivity index (χ3n) is 3.17. The summed E-state index contributed by atoms with van der Waals surface area (Å²) in [6.07, 6.45) is 2.13. The molecule has 0 atom stereocenters. The highest BCUT2D eigenvalue weighted by molar-refractivity contribution is 7.99. The summed E-state index contributed by atoms with van der Waals surface area (Å²) in [5.41, 5.74) is 0.961. The van der Waals surface area contributed by atoms with Gasteiger partial charge >= 0.3 is 0 Å². The molecule has 1 aromatic carbocycles. The summed E-state index contributed by atoms with van der Waals surface area (Å²) in [5.74, 6) is 1.57. The minimum atomic E-state index is 0.171. The van der Waals surface area contributed by atoms with Crippen LogP contribution in [0.5, 0.6) is 0 Å². The van der Waals surface area contributed by atoms with Crippen molar-refractivity contribution < 1.29 is 0 Å². The van der Waals surface area contributed by atoms with Crippen molar-refractivity contribution in [2.75, 3.05) is 30.0 Å². The number of thioether (sulfide) groups is 1. The van der Waals surface area contributed by atoms with Crippen molar-refractivity contribution in [3.8, 4) is 0 Å². The lowest BCUT2D eigenvalue weighted by atomic mass is 10.2. The zero-order valence-electron chi connectivity index (χ0n) is 12.5. The molecule has 0 saturated carbocycles. The highest BCUT2D eigenvalue weighted by atomic mass is 32.2. The van der Waals surface area contributed by atoms with Crippen LogP contribution in [0.1, 0.15) is 20.8 Å². The van der Waals surface area contributed by atoms with Gasteiger partial charge in [0.25, 0.3) is 0 Å². The SMILES string of the molecule is CCNc1nc(NCC(C)(C)SC)c2ccccc2n1. The molecule has 2 rings (SSSR count). The molecule has 0 saturated heterocycles. The molecule has 108 valence electrons. The number of nitrogens with zero attached hydrogens (tertiary/aromatic N) is 2. The molecular weight excluding hydrogens is 268 g/mol. The van der Waals surface area contributed by atoms with Gasteiger partial charge in [0.15, 0.2) is 0 Å². The minimum Gasteiger partial charge on any atom is -0.368 e. The van der Waals surface area contributed by atoms with Gasteiger partial charge in [-0.15, -0.1) is 0 Å². The number of fused-ring (bicyclic) bond motifs is 1. The fourth-order valence-electron chi connectivity index (χ4n) is 1.82. The largest absolute Gasteiger partial charge is 0.368 e. The molecule has 0 bridgehead atoms. The van der Waals surface area contributed by atoms with Crippen LogP contribution in [0.15, 0.2) is 24.3 Å². The van der Waals surface area contributed by atoms with E-state index in [1.165, 1.54) is 0 Å². The number of hydrogen-bond donors (Lipinski definition) is 2. The molecule has 2 N–H and O–H groups in total. The number of nitrogens with one attached hydrogen (secondary N) is 2. The zero-order chi connectivity index (χ0) is 14.6. The molecule has 2 aromatic rings. The summed E-state index contributed by atoms with van der Waals surface area (Å²) >= 11 is 1.84. The molecule has 0 aliphatic heterocycles. The van der Waals surface area contributed by atoms with Crippen LogP contribution >= 0.6 is 11.8 Å². The van der Waals surface area contributed by atoms with Gasteiger partial charge in [0.1, 0.15) is 5.82 Å². The number of rotatable bonds is 6. The van der Waals surface area contributed by atoms with Crippen molar-refractivity contribution in [3.05, 3.63) is 24.3 Å². The molecule has 0 unspecified atom stereocenters. The maximum atomic E-state index is 4.59. The summed E-state index contributed by atoms with van der Waals surface area (Å²) in [7, 11) is 0. The topological polar surface area (TPSA) is 49.8 Å². The van der Waals surface area contributed by atoms with Crippen molar-refractivity contribution in [2.45, 2.75) is 25.5 Å². The Labute approximate surface area is 124 Å². The van der Waals surface area contributed by atoms with Gasteiger partial charge in [0.2, 0.25) is 5.95 Å². The summed E-state index contributed by atoms with van der Waals surface area (Å²) in [5, 5.41) is 7.71. The van der Waals surface area contributed by atoms with Crippen LogP contribution in [0.4, 0.5) is 11.8 Å². The molecule has 0 fully saturated rings. The highest BCUT2D eigenvalue weighted by Gasteiger charge is 2.16. The molecule has 0 radical (unpaired) electrons. The molecular formula is C15H22N4S. The Balaban J connectivity index is 2.34. The number of anilines is 2. The van der Waals surface area contributed by atoms with Crippen LogP contribution in [0.3, 0.4) is 0 Å². The van der Waals surface area contributed by atoms with Gasteiger partial charge in [-0.2, -0.15) is 16.7 Å². The first-order valence-electron chi connectivity index (χ1n) is 6.85. The van der Waals surface area contributed by atoms with Gasteiger partial charge in [-0.1, -0.05) is 12.1 Å². The van der Waals surface area contributed by atoms with Crippen LogP contribution in [-0.2, 0) is 0 Å². The first-order valence-corrected chi connectivity index (χ1v) is 8.08. The third-order valence-corrected chi connectivity index (χ3v) is 4.42. The molecule has 0 aliphatic rings. The van der Waals surface area contributed by atoms with Gasteiger partial charge in [0.05, 0.1) is 5.52 Å². The quantitative estimate of drug-likeness (QED) is 0.851. The van der Waals surface area contributed by atoms with Gasteiger partial charge < -0.3 is 10.6 Å². The average Bonchev–Trinajstić information content (AvgIpc) is 2.45. The second kappa shape index (κ2) is 6.31. The Kier molecular flexibility index (Phi) is 4.70. The summed E-state index contributed by atoms with van der Waals surface area (Å²) in [4.78, 5) is 9.11. The monoisotopic (exact) mass is 290 g/mol. The van der Waals surface area contributed by atoms with E-state index in [2.05, 4.69) is 46.8 Å². The van der Waals surface area contributed by atoms with E-state index in [0.717, 1.165) is 29.8 Å². The van der Waals surface area contributed by atoms with Crippen LogP contribution < -0.4 is 10.6 Å². The van der Waals surface area contributed by atoms with E-state index in [1.54, 1.807) is 0 Å². The molecule has 20 heavy (non-hydrogen) atoms. The van der Waals surface area contributed by atoms with E-state index in [0.29, 0.717) is 5.95 Å². The van der Waals surface area contributed by atoms with Gasteiger partial charge in [-0.3, -0.25) is 0 Å². The molecule has 0 spiro atoms. The summed E-state index contributed by atoms with van der Waals surface area (Å²) in [6.45, 7) is 8.16. The number of hydrogen-bond acceptors (Lipinski definition) is 5. The number of benzene rings is 1. The van der Waals surface area contributed by atoms with E-state index in [1.807, 2.05) is 36.9 Å². The smallest absolute Gasteiger partial charge is 0.225 e. The fraction of sp³-hybridized carbons (Fsp3) is 0.467. The van der Waals surface area contributed by atoms with Gasteiger partial charge in [-0.25, -0.2) is 4.98 Å². The Morgan fingerprint density at radius 2 is 1.90 bits per heavy atom. The normalized spacial score (nSPS) is 11.6. The second-order valence-corrected chi connectivity index (χ2v) is 6.77. The molecule has 5 heteroatoms. The van der Waals surface area contributed by atoms with Crippen LogP contribution in [0, 0.1) is 0 Å². The summed E-state index contributed by atoms with van der Waals surface area (Å²) < 4.78 is 0.171.